The second kappa shape index (κ2) is 6.40. The Balaban J connectivity index is 2.16. The number of nitrogens with zero attached hydrogens (tertiary/aromatic N) is 2. The topological polar surface area (TPSA) is 43.8 Å². The van der Waals surface area contributed by atoms with Crippen LogP contribution in [0.15, 0.2) is 4.47 Å². The zero-order valence-corrected chi connectivity index (χ0v) is 13.9. The fourth-order valence-electron chi connectivity index (χ4n) is 3.41. The van der Waals surface area contributed by atoms with E-state index >= 15 is 0 Å². The highest BCUT2D eigenvalue weighted by atomic mass is 79.9. The Morgan fingerprint density at radius 2 is 2.11 bits per heavy atom. The molecule has 3 atom stereocenters. The summed E-state index contributed by atoms with van der Waals surface area (Å²) in [6.07, 6.45) is 6.02. The van der Waals surface area contributed by atoms with Gasteiger partial charge in [-0.2, -0.15) is 5.10 Å². The Labute approximate surface area is 125 Å². The number of hydrogen-bond acceptors (Lipinski definition) is 2. The summed E-state index contributed by atoms with van der Waals surface area (Å²) >= 11 is 3.73. The molecule has 1 heterocycles. The monoisotopic (exact) mass is 327 g/mol. The number of aromatic nitrogens is 2. The van der Waals surface area contributed by atoms with Crippen molar-refractivity contribution in [2.75, 3.05) is 6.54 Å². The van der Waals surface area contributed by atoms with Crippen LogP contribution in [0.4, 0.5) is 0 Å². The van der Waals surface area contributed by atoms with Gasteiger partial charge in [0.1, 0.15) is 0 Å². The first-order valence-corrected chi connectivity index (χ1v) is 8.26. The van der Waals surface area contributed by atoms with Gasteiger partial charge in [-0.1, -0.05) is 20.3 Å². The highest BCUT2D eigenvalue weighted by Crippen LogP contribution is 2.36. The quantitative estimate of drug-likeness (QED) is 0.922. The predicted molar refractivity (Wildman–Crippen MR) is 83.0 cm³/mol. The Morgan fingerprint density at radius 3 is 2.68 bits per heavy atom. The number of rotatable bonds is 4. The van der Waals surface area contributed by atoms with Crippen LogP contribution in [0.2, 0.25) is 0 Å². The van der Waals surface area contributed by atoms with Crippen LogP contribution in [0.5, 0.6) is 0 Å². The van der Waals surface area contributed by atoms with E-state index in [-0.39, 0.29) is 0 Å². The van der Waals surface area contributed by atoms with E-state index in [4.69, 9.17) is 5.73 Å². The van der Waals surface area contributed by atoms with Crippen molar-refractivity contribution in [1.82, 2.24) is 9.78 Å². The molecule has 0 bridgehead atoms. The van der Waals surface area contributed by atoms with Crippen LogP contribution in [-0.2, 0) is 19.9 Å². The summed E-state index contributed by atoms with van der Waals surface area (Å²) in [6.45, 7) is 5.35. The molecule has 1 aromatic heterocycles. The zero-order chi connectivity index (χ0) is 14.0. The standard InChI is InChI=1S/C15H26BrN3/c1-4-13-15(16)14(19(3)18-13)8-12-7-10(2)5-6-11(12)9-17/h10-12H,4-9,17H2,1-3H3. The Bertz CT molecular complexity index is 427. The lowest BCUT2D eigenvalue weighted by Crippen LogP contribution is -2.31. The second-order valence-corrected chi connectivity index (χ2v) is 6.86. The minimum atomic E-state index is 0.683. The third-order valence-electron chi connectivity index (χ3n) is 4.66. The number of nitrogens with two attached hydrogens (primary N) is 1. The molecule has 1 aliphatic rings. The van der Waals surface area contributed by atoms with Crippen molar-refractivity contribution < 1.29 is 0 Å². The summed E-state index contributed by atoms with van der Waals surface area (Å²) in [5.74, 6) is 2.23. The first-order chi connectivity index (χ1) is 9.06. The molecule has 0 amide bonds. The predicted octanol–water partition coefficient (Wildman–Crippen LogP) is 3.30. The Morgan fingerprint density at radius 1 is 1.37 bits per heavy atom. The van der Waals surface area contributed by atoms with Crippen molar-refractivity contribution in [3.05, 3.63) is 15.9 Å². The average Bonchev–Trinajstić information content (AvgIpc) is 2.66. The molecule has 0 radical (unpaired) electrons. The van der Waals surface area contributed by atoms with Crippen LogP contribution in [0.1, 0.15) is 44.5 Å². The van der Waals surface area contributed by atoms with E-state index in [0.717, 1.165) is 25.3 Å². The molecule has 3 nitrogen and oxygen atoms in total. The summed E-state index contributed by atoms with van der Waals surface area (Å²) in [5.41, 5.74) is 8.48. The van der Waals surface area contributed by atoms with Crippen molar-refractivity contribution in [2.45, 2.75) is 46.0 Å². The fraction of sp³-hybridized carbons (Fsp3) is 0.800. The molecule has 0 saturated heterocycles. The molecular weight excluding hydrogens is 302 g/mol. The SMILES string of the molecule is CCc1nn(C)c(CC2CC(C)CCC2CN)c1Br. The largest absolute Gasteiger partial charge is 0.330 e. The van der Waals surface area contributed by atoms with Crippen LogP contribution in [0.25, 0.3) is 0 Å². The van der Waals surface area contributed by atoms with Gasteiger partial charge in [-0.05, 0) is 65.9 Å². The van der Waals surface area contributed by atoms with Gasteiger partial charge in [0, 0.05) is 7.05 Å². The minimum Gasteiger partial charge on any atom is -0.330 e. The van der Waals surface area contributed by atoms with Crippen molar-refractivity contribution in [1.29, 1.82) is 0 Å². The highest BCUT2D eigenvalue weighted by molar-refractivity contribution is 9.10. The van der Waals surface area contributed by atoms with Gasteiger partial charge in [0.2, 0.25) is 0 Å². The lowest BCUT2D eigenvalue weighted by Gasteiger charge is -2.34. The molecule has 0 aliphatic heterocycles. The van der Waals surface area contributed by atoms with Crippen molar-refractivity contribution in [3.63, 3.8) is 0 Å². The van der Waals surface area contributed by atoms with E-state index in [1.54, 1.807) is 0 Å². The van der Waals surface area contributed by atoms with E-state index in [1.807, 2.05) is 0 Å². The normalized spacial score (nSPS) is 27.7. The maximum atomic E-state index is 5.97. The summed E-state index contributed by atoms with van der Waals surface area (Å²) in [6, 6.07) is 0. The maximum Gasteiger partial charge on any atom is 0.0766 e. The van der Waals surface area contributed by atoms with Crippen LogP contribution < -0.4 is 5.73 Å². The molecular formula is C15H26BrN3. The van der Waals surface area contributed by atoms with Crippen LogP contribution in [-0.4, -0.2) is 16.3 Å². The van der Waals surface area contributed by atoms with E-state index in [0.29, 0.717) is 11.8 Å². The molecule has 1 fully saturated rings. The van der Waals surface area contributed by atoms with Gasteiger partial charge in [-0.15, -0.1) is 0 Å². The van der Waals surface area contributed by atoms with E-state index < -0.39 is 0 Å². The van der Waals surface area contributed by atoms with Gasteiger partial charge in [-0.25, -0.2) is 0 Å². The summed E-state index contributed by atoms with van der Waals surface area (Å²) in [7, 11) is 2.06. The second-order valence-electron chi connectivity index (χ2n) is 6.06. The van der Waals surface area contributed by atoms with Crippen LogP contribution >= 0.6 is 15.9 Å². The molecule has 0 spiro atoms. The summed E-state index contributed by atoms with van der Waals surface area (Å²) < 4.78 is 3.27. The Kier molecular flexibility index (Phi) is 5.07. The fourth-order valence-corrected chi connectivity index (χ4v) is 4.19. The molecule has 108 valence electrons. The Hall–Kier alpha value is -0.350. The van der Waals surface area contributed by atoms with Gasteiger partial charge < -0.3 is 5.73 Å². The number of halogens is 1. The minimum absolute atomic E-state index is 0.683. The van der Waals surface area contributed by atoms with Crippen molar-refractivity contribution in [3.8, 4) is 0 Å². The molecule has 4 heteroatoms. The van der Waals surface area contributed by atoms with Crippen LogP contribution in [0, 0.1) is 17.8 Å². The molecule has 1 saturated carbocycles. The molecule has 1 aromatic rings. The highest BCUT2D eigenvalue weighted by Gasteiger charge is 2.29. The number of aryl methyl sites for hydroxylation is 2. The van der Waals surface area contributed by atoms with Gasteiger partial charge in [-0.3, -0.25) is 4.68 Å². The third kappa shape index (κ3) is 3.22. The lowest BCUT2D eigenvalue weighted by molar-refractivity contribution is 0.190. The summed E-state index contributed by atoms with van der Waals surface area (Å²) in [5, 5.41) is 4.60. The first-order valence-electron chi connectivity index (χ1n) is 7.47. The van der Waals surface area contributed by atoms with Gasteiger partial charge in [0.25, 0.3) is 0 Å². The molecule has 2 N–H and O–H groups in total. The third-order valence-corrected chi connectivity index (χ3v) is 5.58. The molecule has 1 aliphatic carbocycles. The van der Waals surface area contributed by atoms with E-state index in [2.05, 4.69) is 46.6 Å². The van der Waals surface area contributed by atoms with Crippen molar-refractivity contribution >= 4 is 15.9 Å². The van der Waals surface area contributed by atoms with E-state index in [9.17, 15) is 0 Å². The first kappa shape index (κ1) is 15.0. The van der Waals surface area contributed by atoms with Crippen molar-refractivity contribution in [2.24, 2.45) is 30.5 Å². The summed E-state index contributed by atoms with van der Waals surface area (Å²) in [4.78, 5) is 0. The number of hydrogen-bond donors (Lipinski definition) is 1. The van der Waals surface area contributed by atoms with Crippen LogP contribution in [0.3, 0.4) is 0 Å². The average molecular weight is 328 g/mol. The molecule has 0 aromatic carbocycles. The van der Waals surface area contributed by atoms with Gasteiger partial charge in [0.05, 0.1) is 15.9 Å². The zero-order valence-electron chi connectivity index (χ0n) is 12.3. The molecule has 3 unspecified atom stereocenters. The maximum absolute atomic E-state index is 5.97. The van der Waals surface area contributed by atoms with Gasteiger partial charge >= 0.3 is 0 Å². The molecule has 19 heavy (non-hydrogen) atoms. The van der Waals surface area contributed by atoms with E-state index in [1.165, 1.54) is 35.1 Å². The van der Waals surface area contributed by atoms with Gasteiger partial charge in [0.15, 0.2) is 0 Å². The smallest absolute Gasteiger partial charge is 0.0766 e. The molecule has 2 rings (SSSR count). The lowest BCUT2D eigenvalue weighted by atomic mass is 9.73.